The minimum atomic E-state index is -1.19. The summed E-state index contributed by atoms with van der Waals surface area (Å²) in [5, 5.41) is 3.06. The molecule has 5 rings (SSSR count). The van der Waals surface area contributed by atoms with Crippen molar-refractivity contribution in [3.05, 3.63) is 108 Å². The Bertz CT molecular complexity index is 1250. The average molecular weight is 562 g/mol. The zero-order valence-electron chi connectivity index (χ0n) is 24.0. The SMILES string of the molecule is CC(C)(C)OC(=O)N[C@@]1(C)[C@H](OCc2ccccc2)O[C@@H]2COC(c3ccccc3)O[C@H]2[C@@H]1OCc1ccccc1. The smallest absolute Gasteiger partial charge is 0.408 e. The first-order valence-corrected chi connectivity index (χ1v) is 14.0. The number of rotatable bonds is 8. The molecule has 0 bridgehead atoms. The van der Waals surface area contributed by atoms with Crippen LogP contribution in [0.15, 0.2) is 91.0 Å². The van der Waals surface area contributed by atoms with Crippen LogP contribution in [0, 0.1) is 0 Å². The van der Waals surface area contributed by atoms with Crippen molar-refractivity contribution in [1.29, 1.82) is 0 Å². The van der Waals surface area contributed by atoms with Gasteiger partial charge in [0.1, 0.15) is 29.5 Å². The van der Waals surface area contributed by atoms with Crippen LogP contribution >= 0.6 is 0 Å². The number of alkyl carbamates (subject to hydrolysis) is 1. The Morgan fingerprint density at radius 3 is 2.00 bits per heavy atom. The Kier molecular flexibility index (Phi) is 9.06. The highest BCUT2D eigenvalue weighted by Gasteiger charge is 2.59. The third kappa shape index (κ3) is 7.33. The Hall–Kier alpha value is -3.27. The van der Waals surface area contributed by atoms with Gasteiger partial charge in [-0.25, -0.2) is 4.79 Å². The van der Waals surface area contributed by atoms with E-state index in [9.17, 15) is 4.79 Å². The Balaban J connectivity index is 1.47. The zero-order valence-corrected chi connectivity index (χ0v) is 24.0. The highest BCUT2D eigenvalue weighted by Crippen LogP contribution is 2.40. The van der Waals surface area contributed by atoms with Crippen molar-refractivity contribution in [3.8, 4) is 0 Å². The minimum Gasteiger partial charge on any atom is -0.444 e. The topological polar surface area (TPSA) is 84.5 Å². The van der Waals surface area contributed by atoms with Crippen molar-refractivity contribution >= 4 is 6.09 Å². The minimum absolute atomic E-state index is 0.267. The van der Waals surface area contributed by atoms with Gasteiger partial charge in [-0.05, 0) is 38.8 Å². The van der Waals surface area contributed by atoms with E-state index >= 15 is 0 Å². The normalized spacial score (nSPS) is 28.0. The molecule has 0 aliphatic carbocycles. The van der Waals surface area contributed by atoms with Gasteiger partial charge in [-0.1, -0.05) is 91.0 Å². The molecule has 0 aromatic heterocycles. The molecular formula is C33H39NO7. The van der Waals surface area contributed by atoms with Crippen LogP contribution in [0.4, 0.5) is 4.79 Å². The van der Waals surface area contributed by atoms with E-state index in [-0.39, 0.29) is 13.2 Å². The third-order valence-electron chi connectivity index (χ3n) is 7.10. The van der Waals surface area contributed by atoms with Crippen LogP contribution in [0.25, 0.3) is 0 Å². The average Bonchev–Trinajstić information content (AvgIpc) is 2.96. The summed E-state index contributed by atoms with van der Waals surface area (Å²) in [6.45, 7) is 8.15. The van der Waals surface area contributed by atoms with Crippen LogP contribution in [-0.4, -0.2) is 48.4 Å². The highest BCUT2D eigenvalue weighted by atomic mass is 16.8. The van der Waals surface area contributed by atoms with Crippen LogP contribution in [-0.2, 0) is 41.6 Å². The van der Waals surface area contributed by atoms with E-state index in [1.807, 2.05) is 119 Å². The first-order valence-electron chi connectivity index (χ1n) is 14.0. The second kappa shape index (κ2) is 12.7. The van der Waals surface area contributed by atoms with Gasteiger partial charge in [0.15, 0.2) is 12.6 Å². The molecule has 1 N–H and O–H groups in total. The molecule has 218 valence electrons. The molecule has 2 aliphatic heterocycles. The van der Waals surface area contributed by atoms with Gasteiger partial charge in [-0.15, -0.1) is 0 Å². The maximum atomic E-state index is 13.3. The molecule has 41 heavy (non-hydrogen) atoms. The summed E-state index contributed by atoms with van der Waals surface area (Å²) in [7, 11) is 0. The van der Waals surface area contributed by atoms with E-state index in [0.717, 1.165) is 16.7 Å². The monoisotopic (exact) mass is 561 g/mol. The molecule has 8 heteroatoms. The fourth-order valence-electron chi connectivity index (χ4n) is 5.13. The van der Waals surface area contributed by atoms with Gasteiger partial charge in [0.2, 0.25) is 0 Å². The summed E-state index contributed by atoms with van der Waals surface area (Å²) >= 11 is 0. The van der Waals surface area contributed by atoms with Crippen molar-refractivity contribution in [2.45, 2.75) is 82.9 Å². The van der Waals surface area contributed by atoms with Crippen molar-refractivity contribution in [3.63, 3.8) is 0 Å². The lowest BCUT2D eigenvalue weighted by molar-refractivity contribution is -0.365. The van der Waals surface area contributed by atoms with Gasteiger partial charge in [0.25, 0.3) is 0 Å². The second-order valence-corrected chi connectivity index (χ2v) is 11.6. The van der Waals surface area contributed by atoms with Gasteiger partial charge < -0.3 is 33.7 Å². The summed E-state index contributed by atoms with van der Waals surface area (Å²) in [4.78, 5) is 13.3. The molecule has 1 amide bonds. The van der Waals surface area contributed by atoms with Gasteiger partial charge in [-0.3, -0.25) is 0 Å². The van der Waals surface area contributed by atoms with Crippen molar-refractivity contribution in [2.24, 2.45) is 0 Å². The van der Waals surface area contributed by atoms with Crippen LogP contribution < -0.4 is 5.32 Å². The first kappa shape index (κ1) is 29.2. The number of hydrogen-bond acceptors (Lipinski definition) is 7. The van der Waals surface area contributed by atoms with E-state index < -0.39 is 48.1 Å². The van der Waals surface area contributed by atoms with E-state index in [4.69, 9.17) is 28.4 Å². The Labute approximate surface area is 241 Å². The van der Waals surface area contributed by atoms with Crippen LogP contribution in [0.2, 0.25) is 0 Å². The molecule has 2 fully saturated rings. The van der Waals surface area contributed by atoms with E-state index in [0.29, 0.717) is 6.61 Å². The predicted octanol–water partition coefficient (Wildman–Crippen LogP) is 5.91. The quantitative estimate of drug-likeness (QED) is 0.366. The number of benzene rings is 3. The molecule has 3 aromatic rings. The lowest BCUT2D eigenvalue weighted by Crippen LogP contribution is -2.74. The van der Waals surface area contributed by atoms with Crippen molar-refractivity contribution in [2.75, 3.05) is 6.61 Å². The fourth-order valence-corrected chi connectivity index (χ4v) is 5.13. The van der Waals surface area contributed by atoms with Crippen LogP contribution in [0.3, 0.4) is 0 Å². The molecule has 8 nitrogen and oxygen atoms in total. The van der Waals surface area contributed by atoms with E-state index in [1.54, 1.807) is 0 Å². The lowest BCUT2D eigenvalue weighted by atomic mass is 9.84. The molecule has 2 aliphatic rings. The maximum absolute atomic E-state index is 13.3. The summed E-state index contributed by atoms with van der Waals surface area (Å²) in [6.07, 6.45) is -3.85. The maximum Gasteiger partial charge on any atom is 0.408 e. The largest absolute Gasteiger partial charge is 0.444 e. The van der Waals surface area contributed by atoms with Gasteiger partial charge in [0.05, 0.1) is 19.8 Å². The molecular weight excluding hydrogens is 522 g/mol. The predicted molar refractivity (Wildman–Crippen MR) is 153 cm³/mol. The Morgan fingerprint density at radius 1 is 0.854 bits per heavy atom. The molecule has 3 aromatic carbocycles. The Morgan fingerprint density at radius 2 is 1.41 bits per heavy atom. The second-order valence-electron chi connectivity index (χ2n) is 11.6. The molecule has 2 saturated heterocycles. The number of amides is 1. The summed E-state index contributed by atoms with van der Waals surface area (Å²) in [5.41, 5.74) is 0.957. The molecule has 0 radical (unpaired) electrons. The van der Waals surface area contributed by atoms with Gasteiger partial charge >= 0.3 is 6.09 Å². The zero-order chi connectivity index (χ0) is 28.9. The van der Waals surface area contributed by atoms with E-state index in [2.05, 4.69) is 5.32 Å². The van der Waals surface area contributed by atoms with Gasteiger partial charge in [-0.2, -0.15) is 0 Å². The first-order chi connectivity index (χ1) is 19.7. The standard InChI is InChI=1S/C33H39NO7/c1-32(2,3)41-31(35)34-33(4)28(36-20-23-14-8-5-9-15-23)27-26(22-37-29(40-27)25-18-12-7-13-19-25)39-30(33)38-21-24-16-10-6-11-17-24/h5-19,26-30H,20-22H2,1-4H3,(H,34,35)/t26-,27-,28+,29?,30-,33-/m1/s1. The summed E-state index contributed by atoms with van der Waals surface area (Å²) in [5.74, 6) is 0. The number of hydrogen-bond donors (Lipinski definition) is 1. The summed E-state index contributed by atoms with van der Waals surface area (Å²) in [6, 6.07) is 29.4. The number of carbonyl (C=O) groups is 1. The highest BCUT2D eigenvalue weighted by molar-refractivity contribution is 5.69. The molecule has 1 unspecified atom stereocenters. The number of fused-ring (bicyclic) bond motifs is 1. The van der Waals surface area contributed by atoms with Crippen LogP contribution in [0.1, 0.15) is 50.7 Å². The summed E-state index contributed by atoms with van der Waals surface area (Å²) < 4.78 is 37.8. The van der Waals surface area contributed by atoms with Crippen LogP contribution in [0.5, 0.6) is 0 Å². The van der Waals surface area contributed by atoms with Crippen molar-refractivity contribution < 1.29 is 33.2 Å². The van der Waals surface area contributed by atoms with E-state index in [1.165, 1.54) is 0 Å². The fraction of sp³-hybridized carbons (Fsp3) is 0.424. The van der Waals surface area contributed by atoms with Crippen molar-refractivity contribution in [1.82, 2.24) is 5.32 Å². The third-order valence-corrected chi connectivity index (χ3v) is 7.10. The number of ether oxygens (including phenoxy) is 6. The molecule has 2 heterocycles. The van der Waals surface area contributed by atoms with Gasteiger partial charge in [0, 0.05) is 5.56 Å². The molecule has 6 atom stereocenters. The lowest BCUT2D eigenvalue weighted by Gasteiger charge is -2.54. The number of carbonyl (C=O) groups excluding carboxylic acids is 1. The molecule has 0 spiro atoms. The molecule has 0 saturated carbocycles. The number of nitrogens with one attached hydrogen (secondary N) is 1.